The molecule has 5 nitrogen and oxygen atoms in total. The van der Waals surface area contributed by atoms with Gasteiger partial charge in [-0.3, -0.25) is 0 Å². The standard InChI is InChI=1S/C14H17N3O2S2/c1-11(20-14-16-9-10-17(14)2)15-8-7-12-3-5-13(6-4-12)21(18)19/h3-6,9-10,15H,1,7-8H2,2H3,(H,18,19). The van der Waals surface area contributed by atoms with Gasteiger partial charge in [0.15, 0.2) is 16.2 Å². The third kappa shape index (κ3) is 4.73. The number of benzene rings is 1. The van der Waals surface area contributed by atoms with Gasteiger partial charge in [0.2, 0.25) is 0 Å². The molecule has 2 rings (SSSR count). The van der Waals surface area contributed by atoms with Crippen LogP contribution in [0.3, 0.4) is 0 Å². The van der Waals surface area contributed by atoms with E-state index in [9.17, 15) is 4.21 Å². The minimum atomic E-state index is -1.91. The smallest absolute Gasteiger partial charge is 0.186 e. The van der Waals surface area contributed by atoms with Crippen LogP contribution in [0.4, 0.5) is 0 Å². The Bertz CT molecular complexity index is 638. The minimum Gasteiger partial charge on any atom is -0.380 e. The molecule has 1 atom stereocenters. The number of aryl methyl sites for hydroxylation is 1. The number of nitrogens with one attached hydrogen (secondary N) is 1. The SMILES string of the molecule is C=C(NCCc1ccc(S(=O)O)cc1)Sc1nccn1C. The molecule has 0 bridgehead atoms. The summed E-state index contributed by atoms with van der Waals surface area (Å²) in [6, 6.07) is 7.06. The summed E-state index contributed by atoms with van der Waals surface area (Å²) in [5.74, 6) is 0. The van der Waals surface area contributed by atoms with Crippen molar-refractivity contribution in [3.63, 3.8) is 0 Å². The van der Waals surface area contributed by atoms with Crippen LogP contribution in [0.5, 0.6) is 0 Å². The van der Waals surface area contributed by atoms with Gasteiger partial charge in [-0.05, 0) is 35.9 Å². The number of thioether (sulfide) groups is 1. The molecule has 21 heavy (non-hydrogen) atoms. The van der Waals surface area contributed by atoms with Crippen molar-refractivity contribution in [1.82, 2.24) is 14.9 Å². The molecule has 0 amide bonds. The summed E-state index contributed by atoms with van der Waals surface area (Å²) in [5, 5.41) is 4.98. The maximum atomic E-state index is 10.9. The van der Waals surface area contributed by atoms with E-state index >= 15 is 0 Å². The molecule has 0 aliphatic heterocycles. The summed E-state index contributed by atoms with van der Waals surface area (Å²) in [6.07, 6.45) is 4.46. The van der Waals surface area contributed by atoms with Crippen LogP contribution < -0.4 is 5.32 Å². The second-order valence-electron chi connectivity index (χ2n) is 4.42. The number of rotatable bonds is 7. The Balaban J connectivity index is 1.77. The molecular weight excluding hydrogens is 306 g/mol. The van der Waals surface area contributed by atoms with E-state index in [0.717, 1.165) is 28.7 Å². The molecule has 0 saturated heterocycles. The first-order valence-corrected chi connectivity index (χ1v) is 8.26. The summed E-state index contributed by atoms with van der Waals surface area (Å²) in [7, 11) is 1.94. The Labute approximate surface area is 130 Å². The van der Waals surface area contributed by atoms with E-state index in [1.54, 1.807) is 18.3 Å². The van der Waals surface area contributed by atoms with E-state index < -0.39 is 11.1 Å². The van der Waals surface area contributed by atoms with Crippen molar-refractivity contribution >= 4 is 22.8 Å². The summed E-state index contributed by atoms with van der Waals surface area (Å²) in [4.78, 5) is 4.64. The van der Waals surface area contributed by atoms with Gasteiger partial charge in [0.25, 0.3) is 0 Å². The quantitative estimate of drug-likeness (QED) is 0.605. The lowest BCUT2D eigenvalue weighted by atomic mass is 10.1. The Morgan fingerprint density at radius 1 is 1.48 bits per heavy atom. The number of imidazole rings is 1. The van der Waals surface area contributed by atoms with Crippen LogP contribution in [0.2, 0.25) is 0 Å². The maximum absolute atomic E-state index is 10.9. The molecular formula is C14H17N3O2S2. The third-order valence-electron chi connectivity index (χ3n) is 2.85. The Hall–Kier alpha value is -1.57. The molecule has 0 saturated carbocycles. The van der Waals surface area contributed by atoms with E-state index in [-0.39, 0.29) is 0 Å². The van der Waals surface area contributed by atoms with Gasteiger partial charge in [-0.15, -0.1) is 0 Å². The number of aromatic nitrogens is 2. The zero-order chi connectivity index (χ0) is 15.2. The van der Waals surface area contributed by atoms with Crippen molar-refractivity contribution < 1.29 is 8.76 Å². The van der Waals surface area contributed by atoms with Crippen LogP contribution in [0.1, 0.15) is 5.56 Å². The van der Waals surface area contributed by atoms with Crippen LogP contribution in [-0.4, -0.2) is 24.9 Å². The summed E-state index contributed by atoms with van der Waals surface area (Å²) < 4.78 is 21.8. The topological polar surface area (TPSA) is 67.2 Å². The number of hydrogen-bond acceptors (Lipinski definition) is 4. The fourth-order valence-electron chi connectivity index (χ4n) is 1.72. The lowest BCUT2D eigenvalue weighted by Crippen LogP contribution is -2.14. The molecule has 0 spiro atoms. The van der Waals surface area contributed by atoms with Crippen molar-refractivity contribution in [3.05, 3.63) is 53.8 Å². The minimum absolute atomic E-state index is 0.418. The van der Waals surface area contributed by atoms with Gasteiger partial charge >= 0.3 is 0 Å². The van der Waals surface area contributed by atoms with Gasteiger partial charge in [0.1, 0.15) is 0 Å². The zero-order valence-corrected chi connectivity index (χ0v) is 13.3. The van der Waals surface area contributed by atoms with Crippen molar-refractivity contribution in [2.75, 3.05) is 6.54 Å². The highest BCUT2D eigenvalue weighted by Crippen LogP contribution is 2.20. The van der Waals surface area contributed by atoms with E-state index in [4.69, 9.17) is 4.55 Å². The molecule has 1 heterocycles. The normalized spacial score (nSPS) is 12.1. The largest absolute Gasteiger partial charge is 0.380 e. The average molecular weight is 323 g/mol. The lowest BCUT2D eigenvalue weighted by Gasteiger charge is -2.09. The first kappa shape index (κ1) is 15.8. The fourth-order valence-corrected chi connectivity index (χ4v) is 2.80. The Morgan fingerprint density at radius 2 is 2.19 bits per heavy atom. The molecule has 7 heteroatoms. The molecule has 1 unspecified atom stereocenters. The first-order valence-electron chi connectivity index (χ1n) is 6.34. The third-order valence-corrected chi connectivity index (χ3v) is 4.49. The van der Waals surface area contributed by atoms with Gasteiger partial charge < -0.3 is 14.4 Å². The van der Waals surface area contributed by atoms with Crippen molar-refractivity contribution in [1.29, 1.82) is 0 Å². The first-order chi connectivity index (χ1) is 10.1. The van der Waals surface area contributed by atoms with Crippen LogP contribution >= 0.6 is 11.8 Å². The van der Waals surface area contributed by atoms with E-state index in [1.807, 2.05) is 29.9 Å². The monoisotopic (exact) mass is 323 g/mol. The van der Waals surface area contributed by atoms with Crippen LogP contribution in [-0.2, 0) is 24.5 Å². The molecule has 2 N–H and O–H groups in total. The second kappa shape index (κ2) is 7.44. The molecule has 1 aromatic heterocycles. The molecule has 0 aliphatic rings. The molecule has 1 aromatic carbocycles. The van der Waals surface area contributed by atoms with Crippen LogP contribution in [0.25, 0.3) is 0 Å². The molecule has 0 fully saturated rings. The predicted molar refractivity (Wildman–Crippen MR) is 85.4 cm³/mol. The molecule has 0 radical (unpaired) electrons. The van der Waals surface area contributed by atoms with Gasteiger partial charge in [0, 0.05) is 26.0 Å². The second-order valence-corrected chi connectivity index (χ2v) is 6.45. The van der Waals surface area contributed by atoms with Gasteiger partial charge in [-0.2, -0.15) is 0 Å². The Morgan fingerprint density at radius 3 is 2.76 bits per heavy atom. The van der Waals surface area contributed by atoms with Crippen molar-refractivity contribution in [2.24, 2.45) is 7.05 Å². The summed E-state index contributed by atoms with van der Waals surface area (Å²) in [5.41, 5.74) is 1.10. The van der Waals surface area contributed by atoms with E-state index in [1.165, 1.54) is 11.8 Å². The number of hydrogen-bond donors (Lipinski definition) is 2. The predicted octanol–water partition coefficient (Wildman–Crippen LogP) is 2.40. The van der Waals surface area contributed by atoms with E-state index in [2.05, 4.69) is 16.9 Å². The molecule has 2 aromatic rings. The van der Waals surface area contributed by atoms with Crippen molar-refractivity contribution in [2.45, 2.75) is 16.5 Å². The van der Waals surface area contributed by atoms with Crippen LogP contribution in [0, 0.1) is 0 Å². The van der Waals surface area contributed by atoms with Crippen LogP contribution in [0.15, 0.2) is 58.3 Å². The Kier molecular flexibility index (Phi) is 5.60. The van der Waals surface area contributed by atoms with Gasteiger partial charge in [-0.25, -0.2) is 9.19 Å². The summed E-state index contributed by atoms with van der Waals surface area (Å²) in [6.45, 7) is 4.71. The lowest BCUT2D eigenvalue weighted by molar-refractivity contribution is 0.564. The average Bonchev–Trinajstić information content (AvgIpc) is 2.85. The van der Waals surface area contributed by atoms with Gasteiger partial charge in [0.05, 0.1) is 9.92 Å². The highest BCUT2D eigenvalue weighted by molar-refractivity contribution is 8.02. The molecule has 0 aliphatic carbocycles. The van der Waals surface area contributed by atoms with Gasteiger partial charge in [-0.1, -0.05) is 18.7 Å². The maximum Gasteiger partial charge on any atom is 0.186 e. The fraction of sp³-hybridized carbons (Fsp3) is 0.214. The highest BCUT2D eigenvalue weighted by Gasteiger charge is 2.03. The zero-order valence-electron chi connectivity index (χ0n) is 11.7. The van der Waals surface area contributed by atoms with E-state index in [0.29, 0.717) is 4.90 Å². The highest BCUT2D eigenvalue weighted by atomic mass is 32.2. The van der Waals surface area contributed by atoms with Crippen molar-refractivity contribution in [3.8, 4) is 0 Å². The number of nitrogens with zero attached hydrogens (tertiary/aromatic N) is 2. The summed E-state index contributed by atoms with van der Waals surface area (Å²) >= 11 is -0.422. The molecule has 112 valence electrons.